The fraction of sp³-hybridized carbons (Fsp3) is 0.556. The highest BCUT2D eigenvalue weighted by atomic mass is 16.3. The van der Waals surface area contributed by atoms with Crippen molar-refractivity contribution in [2.75, 3.05) is 20.1 Å². The normalized spacial score (nSPS) is 15.2. The van der Waals surface area contributed by atoms with Crippen molar-refractivity contribution < 1.29 is 4.42 Å². The van der Waals surface area contributed by atoms with Gasteiger partial charge in [-0.3, -0.25) is 4.90 Å². The summed E-state index contributed by atoms with van der Waals surface area (Å²) in [7, 11) is 1.98. The second-order valence-electron chi connectivity index (χ2n) is 6.21. The molecule has 3 rings (SSSR count). The number of hydrogen-bond donors (Lipinski definition) is 1. The Hall–Kier alpha value is -1.32. The number of para-hydroxylation sites is 1. The maximum absolute atomic E-state index is 6.05. The average molecular weight is 286 g/mol. The zero-order valence-corrected chi connectivity index (χ0v) is 13.2. The minimum atomic E-state index is 0.799. The number of nitrogens with zero attached hydrogens (tertiary/aromatic N) is 1. The van der Waals surface area contributed by atoms with Crippen LogP contribution in [0.15, 0.2) is 28.7 Å². The molecule has 1 aliphatic carbocycles. The highest BCUT2D eigenvalue weighted by Gasteiger charge is 2.25. The van der Waals surface area contributed by atoms with Crippen molar-refractivity contribution >= 4 is 11.0 Å². The van der Waals surface area contributed by atoms with Crippen molar-refractivity contribution in [2.45, 2.75) is 39.3 Å². The molecule has 0 amide bonds. The minimum Gasteiger partial charge on any atom is -0.459 e. The Morgan fingerprint density at radius 3 is 2.81 bits per heavy atom. The lowest BCUT2D eigenvalue weighted by Crippen LogP contribution is -2.27. The smallest absolute Gasteiger partial charge is 0.134 e. The first-order chi connectivity index (χ1) is 10.3. The number of benzene rings is 1. The second kappa shape index (κ2) is 6.63. The summed E-state index contributed by atoms with van der Waals surface area (Å²) in [6.45, 7) is 6.50. The Kier molecular flexibility index (Phi) is 4.61. The third kappa shape index (κ3) is 3.47. The number of nitrogens with one attached hydrogen (secondary N) is 1. The largest absolute Gasteiger partial charge is 0.459 e. The first kappa shape index (κ1) is 14.6. The molecule has 114 valence electrons. The zero-order valence-electron chi connectivity index (χ0n) is 13.2. The first-order valence-electron chi connectivity index (χ1n) is 8.18. The number of furan rings is 1. The van der Waals surface area contributed by atoms with Crippen LogP contribution < -0.4 is 5.32 Å². The molecule has 1 heterocycles. The van der Waals surface area contributed by atoms with Gasteiger partial charge in [-0.2, -0.15) is 0 Å². The topological polar surface area (TPSA) is 28.4 Å². The molecule has 1 N–H and O–H groups in total. The molecule has 0 aliphatic heterocycles. The Labute approximate surface area is 127 Å². The van der Waals surface area contributed by atoms with Gasteiger partial charge in [-0.25, -0.2) is 0 Å². The fourth-order valence-electron chi connectivity index (χ4n) is 3.07. The lowest BCUT2D eigenvalue weighted by atomic mass is 10.1. The minimum absolute atomic E-state index is 0.799. The molecule has 1 fully saturated rings. The monoisotopic (exact) mass is 286 g/mol. The Balaban J connectivity index is 1.86. The van der Waals surface area contributed by atoms with Crippen LogP contribution in [0.5, 0.6) is 0 Å². The average Bonchev–Trinajstić information content (AvgIpc) is 3.23. The van der Waals surface area contributed by atoms with Crippen molar-refractivity contribution in [3.8, 4) is 0 Å². The van der Waals surface area contributed by atoms with E-state index in [1.54, 1.807) is 0 Å². The molecular formula is C18H26N2O. The van der Waals surface area contributed by atoms with Crippen LogP contribution in [0.4, 0.5) is 0 Å². The predicted octanol–water partition coefficient (Wildman–Crippen LogP) is 3.77. The standard InChI is InChI=1S/C18H26N2O/c1-3-10-20(12-14-8-9-14)13-16-15-6-4-5-7-17(15)21-18(16)11-19-2/h4-7,14,19H,3,8-13H2,1-2H3. The number of fused-ring (bicyclic) bond motifs is 1. The summed E-state index contributed by atoms with van der Waals surface area (Å²) in [6, 6.07) is 8.42. The molecule has 1 aliphatic rings. The molecule has 2 aromatic rings. The van der Waals surface area contributed by atoms with Crippen molar-refractivity contribution in [3.63, 3.8) is 0 Å². The van der Waals surface area contributed by atoms with Crippen LogP contribution in [0.1, 0.15) is 37.5 Å². The van der Waals surface area contributed by atoms with E-state index in [-0.39, 0.29) is 0 Å². The summed E-state index contributed by atoms with van der Waals surface area (Å²) < 4.78 is 6.05. The van der Waals surface area contributed by atoms with E-state index in [0.29, 0.717) is 0 Å². The maximum atomic E-state index is 6.05. The molecule has 1 aromatic heterocycles. The summed E-state index contributed by atoms with van der Waals surface area (Å²) in [5.74, 6) is 2.03. The number of rotatable bonds is 8. The van der Waals surface area contributed by atoms with Crippen LogP contribution in [0, 0.1) is 5.92 Å². The molecule has 0 spiro atoms. The van der Waals surface area contributed by atoms with Crippen LogP contribution >= 0.6 is 0 Å². The molecule has 3 nitrogen and oxygen atoms in total. The van der Waals surface area contributed by atoms with Crippen LogP contribution in [-0.2, 0) is 13.1 Å². The van der Waals surface area contributed by atoms with Crippen LogP contribution in [0.3, 0.4) is 0 Å². The number of hydrogen-bond acceptors (Lipinski definition) is 3. The van der Waals surface area contributed by atoms with Gasteiger partial charge in [0.1, 0.15) is 11.3 Å². The van der Waals surface area contributed by atoms with Crippen LogP contribution in [0.25, 0.3) is 11.0 Å². The molecule has 0 atom stereocenters. The summed E-state index contributed by atoms with van der Waals surface area (Å²) in [5, 5.41) is 4.51. The van der Waals surface area contributed by atoms with Gasteiger partial charge >= 0.3 is 0 Å². The molecule has 0 radical (unpaired) electrons. The van der Waals surface area contributed by atoms with Gasteiger partial charge in [-0.1, -0.05) is 25.1 Å². The quantitative estimate of drug-likeness (QED) is 0.800. The van der Waals surface area contributed by atoms with Gasteiger partial charge in [0.2, 0.25) is 0 Å². The zero-order chi connectivity index (χ0) is 14.7. The van der Waals surface area contributed by atoms with Gasteiger partial charge < -0.3 is 9.73 Å². The fourth-order valence-corrected chi connectivity index (χ4v) is 3.07. The van der Waals surface area contributed by atoms with Crippen molar-refractivity contribution in [1.29, 1.82) is 0 Å². The van der Waals surface area contributed by atoms with Gasteiger partial charge in [0, 0.05) is 24.0 Å². The van der Waals surface area contributed by atoms with Gasteiger partial charge in [-0.05, 0) is 44.8 Å². The lowest BCUT2D eigenvalue weighted by Gasteiger charge is -2.21. The molecule has 1 aromatic carbocycles. The van der Waals surface area contributed by atoms with Gasteiger partial charge in [-0.15, -0.1) is 0 Å². The summed E-state index contributed by atoms with van der Waals surface area (Å²) in [4.78, 5) is 2.61. The van der Waals surface area contributed by atoms with Crippen molar-refractivity contribution in [1.82, 2.24) is 10.2 Å². The van der Waals surface area contributed by atoms with Crippen molar-refractivity contribution in [3.05, 3.63) is 35.6 Å². The van der Waals surface area contributed by atoms with E-state index in [0.717, 1.165) is 30.4 Å². The first-order valence-corrected chi connectivity index (χ1v) is 8.18. The summed E-state index contributed by atoms with van der Waals surface area (Å²) >= 11 is 0. The van der Waals surface area contributed by atoms with E-state index in [1.165, 1.54) is 43.3 Å². The highest BCUT2D eigenvalue weighted by molar-refractivity contribution is 5.82. The van der Waals surface area contributed by atoms with Gasteiger partial charge in [0.25, 0.3) is 0 Å². The molecule has 0 saturated heterocycles. The molecule has 3 heteroatoms. The molecule has 0 bridgehead atoms. The Morgan fingerprint density at radius 2 is 2.10 bits per heavy atom. The van der Waals surface area contributed by atoms with Gasteiger partial charge in [0.15, 0.2) is 0 Å². The van der Waals surface area contributed by atoms with Crippen LogP contribution in [0.2, 0.25) is 0 Å². The van der Waals surface area contributed by atoms with Gasteiger partial charge in [0.05, 0.1) is 6.54 Å². The SMILES string of the molecule is CCCN(Cc1c(CNC)oc2ccccc12)CC1CC1. The van der Waals surface area contributed by atoms with E-state index in [2.05, 4.69) is 35.3 Å². The second-order valence-corrected chi connectivity index (χ2v) is 6.21. The summed E-state index contributed by atoms with van der Waals surface area (Å²) in [5.41, 5.74) is 2.38. The van der Waals surface area contributed by atoms with E-state index < -0.39 is 0 Å². The van der Waals surface area contributed by atoms with Crippen LogP contribution in [-0.4, -0.2) is 25.0 Å². The molecule has 21 heavy (non-hydrogen) atoms. The van der Waals surface area contributed by atoms with E-state index in [1.807, 2.05) is 13.1 Å². The molecule has 1 saturated carbocycles. The van der Waals surface area contributed by atoms with E-state index in [4.69, 9.17) is 4.42 Å². The molecule has 0 unspecified atom stereocenters. The lowest BCUT2D eigenvalue weighted by molar-refractivity contribution is 0.253. The van der Waals surface area contributed by atoms with E-state index in [9.17, 15) is 0 Å². The Morgan fingerprint density at radius 1 is 1.29 bits per heavy atom. The third-order valence-electron chi connectivity index (χ3n) is 4.25. The maximum Gasteiger partial charge on any atom is 0.134 e. The predicted molar refractivity (Wildman–Crippen MR) is 87.3 cm³/mol. The molecular weight excluding hydrogens is 260 g/mol. The Bertz CT molecular complexity index is 586. The van der Waals surface area contributed by atoms with E-state index >= 15 is 0 Å². The summed E-state index contributed by atoms with van der Waals surface area (Å²) in [6.07, 6.45) is 4.04. The van der Waals surface area contributed by atoms with Crippen molar-refractivity contribution in [2.24, 2.45) is 5.92 Å². The highest BCUT2D eigenvalue weighted by Crippen LogP contribution is 2.32. The third-order valence-corrected chi connectivity index (χ3v) is 4.25.